The molecule has 1 fully saturated rings. The fraction of sp³-hybridized carbons (Fsp3) is 0.320. The van der Waals surface area contributed by atoms with Crippen LogP contribution >= 0.6 is 0 Å². The largest absolute Gasteiger partial charge is 0.352 e. The first-order valence-corrected chi connectivity index (χ1v) is 10.7. The van der Waals surface area contributed by atoms with E-state index >= 15 is 0 Å². The van der Waals surface area contributed by atoms with Crippen molar-refractivity contribution in [2.45, 2.75) is 27.7 Å². The minimum Gasteiger partial charge on any atom is -0.352 e. The zero-order chi connectivity index (χ0) is 22.0. The number of amides is 2. The molecule has 1 N–H and O–H groups in total. The van der Waals surface area contributed by atoms with Gasteiger partial charge in [-0.2, -0.15) is 0 Å². The molecule has 1 aliphatic heterocycles. The van der Waals surface area contributed by atoms with E-state index in [-0.39, 0.29) is 6.03 Å². The normalized spacial score (nSPS) is 13.9. The van der Waals surface area contributed by atoms with E-state index in [1.54, 1.807) is 0 Å². The number of aromatic nitrogens is 2. The number of nitrogens with zero attached hydrogens (tertiary/aromatic N) is 4. The van der Waals surface area contributed by atoms with Crippen molar-refractivity contribution >= 4 is 17.5 Å². The third-order valence-electron chi connectivity index (χ3n) is 5.82. The van der Waals surface area contributed by atoms with Gasteiger partial charge in [-0.15, -0.1) is 10.2 Å². The summed E-state index contributed by atoms with van der Waals surface area (Å²) in [6, 6.07) is 16.4. The molecule has 160 valence electrons. The van der Waals surface area contributed by atoms with Crippen LogP contribution in [0.3, 0.4) is 0 Å². The van der Waals surface area contributed by atoms with Gasteiger partial charge in [0.05, 0.1) is 5.69 Å². The molecule has 1 aromatic heterocycles. The first-order valence-electron chi connectivity index (χ1n) is 10.7. The van der Waals surface area contributed by atoms with Crippen LogP contribution in [0.5, 0.6) is 0 Å². The van der Waals surface area contributed by atoms with Gasteiger partial charge in [-0.3, -0.25) is 0 Å². The van der Waals surface area contributed by atoms with Gasteiger partial charge in [0.2, 0.25) is 0 Å². The topological polar surface area (TPSA) is 61.4 Å². The first-order chi connectivity index (χ1) is 14.9. The fourth-order valence-electron chi connectivity index (χ4n) is 3.94. The minimum atomic E-state index is -0.0548. The van der Waals surface area contributed by atoms with Crippen LogP contribution in [0.1, 0.15) is 22.3 Å². The van der Waals surface area contributed by atoms with Gasteiger partial charge in [0.25, 0.3) is 0 Å². The summed E-state index contributed by atoms with van der Waals surface area (Å²) in [6.45, 7) is 11.1. The summed E-state index contributed by atoms with van der Waals surface area (Å²) in [6.07, 6.45) is 0. The summed E-state index contributed by atoms with van der Waals surface area (Å²) < 4.78 is 0. The number of carbonyl (C=O) groups excluding carboxylic acids is 1. The second kappa shape index (κ2) is 8.76. The number of carbonyl (C=O) groups is 1. The van der Waals surface area contributed by atoms with Crippen molar-refractivity contribution < 1.29 is 4.79 Å². The molecule has 0 radical (unpaired) electrons. The molecule has 1 saturated heterocycles. The number of nitrogens with one attached hydrogen (secondary N) is 1. The molecule has 6 heteroatoms. The number of urea groups is 1. The van der Waals surface area contributed by atoms with Crippen LogP contribution in [0, 0.1) is 27.7 Å². The van der Waals surface area contributed by atoms with E-state index < -0.39 is 0 Å². The lowest BCUT2D eigenvalue weighted by Gasteiger charge is -2.35. The highest BCUT2D eigenvalue weighted by molar-refractivity contribution is 5.89. The zero-order valence-electron chi connectivity index (χ0n) is 18.6. The molecule has 4 rings (SSSR count). The second-order valence-corrected chi connectivity index (χ2v) is 8.36. The predicted octanol–water partition coefficient (Wildman–Crippen LogP) is 4.73. The van der Waals surface area contributed by atoms with Gasteiger partial charge in [-0.25, -0.2) is 4.79 Å². The van der Waals surface area contributed by atoms with E-state index in [0.717, 1.165) is 47.0 Å². The van der Waals surface area contributed by atoms with Gasteiger partial charge < -0.3 is 15.1 Å². The zero-order valence-corrected chi connectivity index (χ0v) is 18.6. The lowest BCUT2D eigenvalue weighted by Crippen LogP contribution is -2.50. The summed E-state index contributed by atoms with van der Waals surface area (Å²) in [5.41, 5.74) is 7.60. The standard InChI is InChI=1S/C25H29N5O/c1-17-13-18(2)15-22(14-17)26-25(31)30-11-9-29(10-12-30)24-8-7-23(27-28-24)21-6-5-19(3)20(4)16-21/h5-8,13-16H,9-12H2,1-4H3,(H,26,31). The number of benzene rings is 2. The molecule has 0 spiro atoms. The fourth-order valence-corrected chi connectivity index (χ4v) is 3.94. The third-order valence-corrected chi connectivity index (χ3v) is 5.82. The van der Waals surface area contributed by atoms with Crippen molar-refractivity contribution in [3.8, 4) is 11.3 Å². The summed E-state index contributed by atoms with van der Waals surface area (Å²) in [4.78, 5) is 16.7. The van der Waals surface area contributed by atoms with Gasteiger partial charge in [0.15, 0.2) is 5.82 Å². The van der Waals surface area contributed by atoms with E-state index in [1.165, 1.54) is 11.1 Å². The Balaban J connectivity index is 1.36. The number of piperazine rings is 1. The maximum atomic E-state index is 12.7. The van der Waals surface area contributed by atoms with E-state index in [1.807, 2.05) is 43.0 Å². The Labute approximate surface area is 183 Å². The average Bonchev–Trinajstić information content (AvgIpc) is 2.75. The molecule has 0 atom stereocenters. The van der Waals surface area contributed by atoms with Gasteiger partial charge in [0, 0.05) is 37.4 Å². The Morgan fingerprint density at radius 1 is 0.806 bits per heavy atom. The first kappa shape index (κ1) is 20.8. The number of anilines is 2. The maximum absolute atomic E-state index is 12.7. The highest BCUT2D eigenvalue weighted by atomic mass is 16.2. The Kier molecular flexibility index (Phi) is 5.89. The summed E-state index contributed by atoms with van der Waals surface area (Å²) >= 11 is 0. The minimum absolute atomic E-state index is 0.0548. The lowest BCUT2D eigenvalue weighted by atomic mass is 10.0. The molecule has 31 heavy (non-hydrogen) atoms. The molecule has 0 bridgehead atoms. The van der Waals surface area contributed by atoms with Crippen LogP contribution in [0.15, 0.2) is 48.5 Å². The maximum Gasteiger partial charge on any atom is 0.321 e. The number of hydrogen-bond donors (Lipinski definition) is 1. The van der Waals surface area contributed by atoms with Gasteiger partial charge in [0.1, 0.15) is 0 Å². The Hall–Kier alpha value is -3.41. The Bertz CT molecular complexity index is 1070. The lowest BCUT2D eigenvalue weighted by molar-refractivity contribution is 0.208. The SMILES string of the molecule is Cc1cc(C)cc(NC(=O)N2CCN(c3ccc(-c4ccc(C)c(C)c4)nn3)CC2)c1. The summed E-state index contributed by atoms with van der Waals surface area (Å²) in [7, 11) is 0. The van der Waals surface area contributed by atoms with E-state index in [0.29, 0.717) is 13.1 Å². The molecular formula is C25H29N5O. The molecule has 3 aromatic rings. The van der Waals surface area contributed by atoms with E-state index in [2.05, 4.69) is 58.5 Å². The van der Waals surface area contributed by atoms with Crippen molar-refractivity contribution in [2.75, 3.05) is 36.4 Å². The Morgan fingerprint density at radius 2 is 1.52 bits per heavy atom. The quantitative estimate of drug-likeness (QED) is 0.672. The van der Waals surface area contributed by atoms with Crippen molar-refractivity contribution in [3.63, 3.8) is 0 Å². The number of hydrogen-bond acceptors (Lipinski definition) is 4. The summed E-state index contributed by atoms with van der Waals surface area (Å²) in [5, 5.41) is 11.9. The van der Waals surface area contributed by atoms with Crippen LogP contribution in [0.25, 0.3) is 11.3 Å². The third kappa shape index (κ3) is 4.85. The van der Waals surface area contributed by atoms with Crippen LogP contribution in [0.4, 0.5) is 16.3 Å². The van der Waals surface area contributed by atoms with Crippen LogP contribution in [-0.2, 0) is 0 Å². The van der Waals surface area contributed by atoms with E-state index in [4.69, 9.17) is 0 Å². The molecule has 2 heterocycles. The Morgan fingerprint density at radius 3 is 2.13 bits per heavy atom. The average molecular weight is 416 g/mol. The molecule has 0 saturated carbocycles. The monoisotopic (exact) mass is 415 g/mol. The molecule has 2 aromatic carbocycles. The predicted molar refractivity (Wildman–Crippen MR) is 126 cm³/mol. The highest BCUT2D eigenvalue weighted by Gasteiger charge is 2.22. The molecular weight excluding hydrogens is 386 g/mol. The molecule has 1 aliphatic rings. The number of rotatable bonds is 3. The smallest absolute Gasteiger partial charge is 0.321 e. The highest BCUT2D eigenvalue weighted by Crippen LogP contribution is 2.22. The van der Waals surface area contributed by atoms with Gasteiger partial charge in [-0.1, -0.05) is 18.2 Å². The molecule has 2 amide bonds. The van der Waals surface area contributed by atoms with Crippen LogP contribution in [-0.4, -0.2) is 47.3 Å². The van der Waals surface area contributed by atoms with Crippen molar-refractivity contribution in [2.24, 2.45) is 0 Å². The molecule has 6 nitrogen and oxygen atoms in total. The molecule has 0 aliphatic carbocycles. The summed E-state index contributed by atoms with van der Waals surface area (Å²) in [5.74, 6) is 0.849. The van der Waals surface area contributed by atoms with Gasteiger partial charge >= 0.3 is 6.03 Å². The number of aryl methyl sites for hydroxylation is 4. The van der Waals surface area contributed by atoms with Crippen LogP contribution < -0.4 is 10.2 Å². The van der Waals surface area contributed by atoms with E-state index in [9.17, 15) is 4.79 Å². The molecule has 0 unspecified atom stereocenters. The van der Waals surface area contributed by atoms with Crippen LogP contribution in [0.2, 0.25) is 0 Å². The van der Waals surface area contributed by atoms with Crippen molar-refractivity contribution in [1.29, 1.82) is 0 Å². The van der Waals surface area contributed by atoms with Crippen molar-refractivity contribution in [1.82, 2.24) is 15.1 Å². The van der Waals surface area contributed by atoms with Crippen molar-refractivity contribution in [3.05, 3.63) is 70.8 Å². The second-order valence-electron chi connectivity index (χ2n) is 8.36. The van der Waals surface area contributed by atoms with Gasteiger partial charge in [-0.05, 0) is 80.3 Å².